The molecule has 0 aliphatic carbocycles. The van der Waals surface area contributed by atoms with E-state index in [1.165, 1.54) is 0 Å². The van der Waals surface area contributed by atoms with Crippen LogP contribution in [-0.4, -0.2) is 54.1 Å². The molecule has 0 N–H and O–H groups in total. The van der Waals surface area contributed by atoms with E-state index >= 15 is 0 Å². The van der Waals surface area contributed by atoms with Gasteiger partial charge in [0.15, 0.2) is 0 Å². The summed E-state index contributed by atoms with van der Waals surface area (Å²) >= 11 is 0. The number of furan rings is 1. The number of hydrogen-bond acceptors (Lipinski definition) is 4. The van der Waals surface area contributed by atoms with Crippen LogP contribution in [0.4, 0.5) is 0 Å². The number of carbonyl (C=O) groups excluding carboxylic acids is 1. The number of piperidine rings is 1. The smallest absolute Gasteiger partial charge is 0.223 e. The molecule has 2 aliphatic rings. The largest absolute Gasteiger partial charge is 0.465 e. The standard InChI is InChI=1S/C19H30N2O3/c1-4-17-19(10-8-18(22)21(19)12-13-23-3)9-5-11-20(17)14-16-7-6-15(2)24-16/h6-7,17H,4-5,8-14H2,1-3H3/t17-,19-/m0/s1. The van der Waals surface area contributed by atoms with Crippen LogP contribution in [0.1, 0.15) is 50.5 Å². The monoisotopic (exact) mass is 334 g/mol. The molecule has 1 spiro atoms. The first-order valence-corrected chi connectivity index (χ1v) is 9.19. The molecule has 1 amide bonds. The van der Waals surface area contributed by atoms with E-state index in [4.69, 9.17) is 9.15 Å². The molecule has 3 heterocycles. The second-order valence-corrected chi connectivity index (χ2v) is 7.15. The summed E-state index contributed by atoms with van der Waals surface area (Å²) in [6.45, 7) is 7.46. The topological polar surface area (TPSA) is 45.9 Å². The zero-order valence-corrected chi connectivity index (χ0v) is 15.2. The molecule has 2 fully saturated rings. The van der Waals surface area contributed by atoms with E-state index in [0.717, 1.165) is 50.3 Å². The molecule has 2 atom stereocenters. The molecule has 2 aliphatic heterocycles. The summed E-state index contributed by atoms with van der Waals surface area (Å²) in [5.41, 5.74) is -0.0236. The third kappa shape index (κ3) is 3.11. The minimum atomic E-state index is -0.0236. The molecule has 5 heteroatoms. The number of amides is 1. The van der Waals surface area contributed by atoms with Gasteiger partial charge in [0, 0.05) is 26.1 Å². The number of likely N-dealkylation sites (tertiary alicyclic amines) is 2. The second kappa shape index (κ2) is 7.28. The molecule has 2 saturated heterocycles. The highest BCUT2D eigenvalue weighted by Crippen LogP contribution is 2.43. The first-order valence-electron chi connectivity index (χ1n) is 9.19. The van der Waals surface area contributed by atoms with Gasteiger partial charge >= 0.3 is 0 Å². The zero-order valence-electron chi connectivity index (χ0n) is 15.2. The maximum atomic E-state index is 12.5. The highest BCUT2D eigenvalue weighted by Gasteiger charge is 2.52. The number of hydrogen-bond donors (Lipinski definition) is 0. The summed E-state index contributed by atoms with van der Waals surface area (Å²) in [7, 11) is 1.71. The van der Waals surface area contributed by atoms with Crippen LogP contribution in [0.2, 0.25) is 0 Å². The predicted octanol–water partition coefficient (Wildman–Crippen LogP) is 2.97. The van der Waals surface area contributed by atoms with Crippen LogP contribution in [0.3, 0.4) is 0 Å². The Hall–Kier alpha value is -1.33. The molecule has 0 bridgehead atoms. The summed E-state index contributed by atoms with van der Waals surface area (Å²) in [5.74, 6) is 2.28. The van der Waals surface area contributed by atoms with Gasteiger partial charge in [-0.3, -0.25) is 9.69 Å². The van der Waals surface area contributed by atoms with Crippen molar-refractivity contribution in [2.24, 2.45) is 0 Å². The Bertz CT molecular complexity index is 571. The van der Waals surface area contributed by atoms with Gasteiger partial charge < -0.3 is 14.1 Å². The van der Waals surface area contributed by atoms with E-state index in [-0.39, 0.29) is 5.54 Å². The van der Waals surface area contributed by atoms with Gasteiger partial charge in [-0.15, -0.1) is 0 Å². The Morgan fingerprint density at radius 2 is 2.21 bits per heavy atom. The van der Waals surface area contributed by atoms with Crippen molar-refractivity contribution in [2.45, 2.75) is 64.1 Å². The number of methoxy groups -OCH3 is 1. The molecule has 1 aromatic rings. The van der Waals surface area contributed by atoms with E-state index in [1.807, 2.05) is 13.0 Å². The van der Waals surface area contributed by atoms with Crippen LogP contribution in [0.25, 0.3) is 0 Å². The Labute approximate surface area is 144 Å². The van der Waals surface area contributed by atoms with Crippen LogP contribution in [-0.2, 0) is 16.1 Å². The van der Waals surface area contributed by atoms with Gasteiger partial charge in [-0.25, -0.2) is 0 Å². The molecule has 3 rings (SSSR count). The Kier molecular flexibility index (Phi) is 5.30. The molecule has 0 saturated carbocycles. The molecule has 5 nitrogen and oxygen atoms in total. The quantitative estimate of drug-likeness (QED) is 0.802. The van der Waals surface area contributed by atoms with E-state index in [1.54, 1.807) is 7.11 Å². The maximum absolute atomic E-state index is 12.5. The highest BCUT2D eigenvalue weighted by atomic mass is 16.5. The molecule has 0 radical (unpaired) electrons. The first kappa shape index (κ1) is 17.5. The summed E-state index contributed by atoms with van der Waals surface area (Å²) in [6, 6.07) is 4.49. The van der Waals surface area contributed by atoms with Crippen molar-refractivity contribution in [1.82, 2.24) is 9.80 Å². The molecule has 0 unspecified atom stereocenters. The molecular formula is C19H30N2O3. The predicted molar refractivity (Wildman–Crippen MR) is 92.7 cm³/mol. The van der Waals surface area contributed by atoms with Gasteiger partial charge in [0.1, 0.15) is 11.5 Å². The minimum absolute atomic E-state index is 0.0236. The third-order valence-electron chi connectivity index (χ3n) is 5.79. The van der Waals surface area contributed by atoms with Crippen molar-refractivity contribution in [3.8, 4) is 0 Å². The molecule has 24 heavy (non-hydrogen) atoms. The number of carbonyl (C=O) groups is 1. The van der Waals surface area contributed by atoms with E-state index < -0.39 is 0 Å². The van der Waals surface area contributed by atoms with Gasteiger partial charge in [-0.2, -0.15) is 0 Å². The first-order chi connectivity index (χ1) is 11.6. The Morgan fingerprint density at radius 1 is 1.38 bits per heavy atom. The van der Waals surface area contributed by atoms with Crippen LogP contribution >= 0.6 is 0 Å². The summed E-state index contributed by atoms with van der Waals surface area (Å²) in [4.78, 5) is 17.2. The van der Waals surface area contributed by atoms with Crippen LogP contribution < -0.4 is 0 Å². The maximum Gasteiger partial charge on any atom is 0.223 e. The molecular weight excluding hydrogens is 304 g/mol. The Morgan fingerprint density at radius 3 is 2.88 bits per heavy atom. The SMILES string of the molecule is CC[C@@H]1N(Cc2ccc(C)o2)CCC[C@]12CCC(=O)N2CCOC. The molecule has 134 valence electrons. The van der Waals surface area contributed by atoms with Crippen molar-refractivity contribution >= 4 is 5.91 Å². The van der Waals surface area contributed by atoms with Crippen molar-refractivity contribution < 1.29 is 13.9 Å². The van der Waals surface area contributed by atoms with Gasteiger partial charge in [-0.1, -0.05) is 6.92 Å². The lowest BCUT2D eigenvalue weighted by Crippen LogP contribution is -2.63. The highest BCUT2D eigenvalue weighted by molar-refractivity contribution is 5.80. The van der Waals surface area contributed by atoms with Gasteiger partial charge in [0.2, 0.25) is 5.91 Å². The normalized spacial score (nSPS) is 28.2. The van der Waals surface area contributed by atoms with Crippen molar-refractivity contribution in [3.63, 3.8) is 0 Å². The minimum Gasteiger partial charge on any atom is -0.465 e. The lowest BCUT2D eigenvalue weighted by molar-refractivity contribution is -0.136. The van der Waals surface area contributed by atoms with Crippen LogP contribution in [0, 0.1) is 6.92 Å². The number of rotatable bonds is 6. The second-order valence-electron chi connectivity index (χ2n) is 7.15. The number of aryl methyl sites for hydroxylation is 1. The van der Waals surface area contributed by atoms with Crippen molar-refractivity contribution in [3.05, 3.63) is 23.7 Å². The Balaban J connectivity index is 1.82. The van der Waals surface area contributed by atoms with E-state index in [0.29, 0.717) is 31.5 Å². The fraction of sp³-hybridized carbons (Fsp3) is 0.737. The van der Waals surface area contributed by atoms with Crippen molar-refractivity contribution in [2.75, 3.05) is 26.8 Å². The van der Waals surface area contributed by atoms with Crippen molar-refractivity contribution in [1.29, 1.82) is 0 Å². The average Bonchev–Trinajstić information content (AvgIpc) is 3.11. The lowest BCUT2D eigenvalue weighted by atomic mass is 9.77. The van der Waals surface area contributed by atoms with E-state index in [9.17, 15) is 4.79 Å². The number of ether oxygens (including phenoxy) is 1. The van der Waals surface area contributed by atoms with Gasteiger partial charge in [-0.05, 0) is 51.3 Å². The van der Waals surface area contributed by atoms with E-state index in [2.05, 4.69) is 22.8 Å². The molecule has 0 aromatic carbocycles. The van der Waals surface area contributed by atoms with Gasteiger partial charge in [0.05, 0.1) is 18.7 Å². The average molecular weight is 334 g/mol. The molecule has 1 aromatic heterocycles. The van der Waals surface area contributed by atoms with Crippen LogP contribution in [0.15, 0.2) is 16.5 Å². The summed E-state index contributed by atoms with van der Waals surface area (Å²) in [6.07, 6.45) is 4.94. The number of nitrogens with zero attached hydrogens (tertiary/aromatic N) is 2. The van der Waals surface area contributed by atoms with Gasteiger partial charge in [0.25, 0.3) is 0 Å². The fourth-order valence-corrected chi connectivity index (χ4v) is 4.83. The third-order valence-corrected chi connectivity index (χ3v) is 5.79. The lowest BCUT2D eigenvalue weighted by Gasteiger charge is -2.52. The summed E-state index contributed by atoms with van der Waals surface area (Å²) in [5, 5.41) is 0. The van der Waals surface area contributed by atoms with Crippen LogP contribution in [0.5, 0.6) is 0 Å². The summed E-state index contributed by atoms with van der Waals surface area (Å²) < 4.78 is 11.1. The zero-order chi connectivity index (χ0) is 17.2. The fourth-order valence-electron chi connectivity index (χ4n) is 4.83.